The monoisotopic (exact) mass is 355 g/mol. The van der Waals surface area contributed by atoms with E-state index in [-0.39, 0.29) is 14.2 Å². The molecule has 0 saturated heterocycles. The number of hydrogen-bond acceptors (Lipinski definition) is 5. The fourth-order valence-corrected chi connectivity index (χ4v) is 4.65. The van der Waals surface area contributed by atoms with Gasteiger partial charge in [-0.25, -0.2) is 8.42 Å². The second-order valence-electron chi connectivity index (χ2n) is 3.60. The van der Waals surface area contributed by atoms with E-state index >= 15 is 0 Å². The Kier molecular flexibility index (Phi) is 4.05. The zero-order valence-electron chi connectivity index (χ0n) is 9.58. The van der Waals surface area contributed by atoms with Crippen molar-refractivity contribution in [1.29, 1.82) is 0 Å². The molecule has 1 aromatic heterocycles. The third-order valence-corrected chi connectivity index (χ3v) is 6.18. The lowest BCUT2D eigenvalue weighted by atomic mass is 10.3. The zero-order chi connectivity index (χ0) is 15.0. The van der Waals surface area contributed by atoms with Gasteiger partial charge in [0.05, 0.1) is 10.0 Å². The van der Waals surface area contributed by atoms with Crippen molar-refractivity contribution in [1.82, 2.24) is 0 Å². The van der Waals surface area contributed by atoms with Crippen LogP contribution in [-0.2, 0) is 20.2 Å². The molecule has 0 aliphatic rings. The summed E-state index contributed by atoms with van der Waals surface area (Å²) in [6, 6.07) is 7.44. The number of anilines is 1. The molecule has 0 unspecified atom stereocenters. The summed E-state index contributed by atoms with van der Waals surface area (Å²) in [6.45, 7) is 0. The van der Waals surface area contributed by atoms with Crippen LogP contribution in [-0.4, -0.2) is 16.8 Å². The molecule has 0 saturated carbocycles. The van der Waals surface area contributed by atoms with Crippen LogP contribution in [0.25, 0.3) is 0 Å². The molecule has 0 amide bonds. The van der Waals surface area contributed by atoms with Crippen LogP contribution in [0.3, 0.4) is 0 Å². The largest absolute Gasteiger partial charge is 0.334 e. The van der Waals surface area contributed by atoms with Gasteiger partial charge in [0.15, 0.2) is 0 Å². The fraction of sp³-hybridized carbons (Fsp3) is 0. The van der Waals surface area contributed by atoms with Gasteiger partial charge in [-0.1, -0.05) is 23.7 Å². The molecule has 1 N–H and O–H groups in total. The summed E-state index contributed by atoms with van der Waals surface area (Å²) in [5.74, 6) is 0. The van der Waals surface area contributed by atoms with E-state index in [0.29, 0.717) is 0 Å². The summed E-state index contributed by atoms with van der Waals surface area (Å²) in [5, 5.41) is 0. The summed E-state index contributed by atoms with van der Waals surface area (Å²) in [6.07, 6.45) is 0. The van der Waals surface area contributed by atoms with Crippen molar-refractivity contribution in [2.45, 2.75) is 9.10 Å². The first kappa shape index (κ1) is 15.2. The fourth-order valence-electron chi connectivity index (χ4n) is 1.40. The summed E-state index contributed by atoms with van der Waals surface area (Å²) in [5.41, 5.74) is -0.362. The Hall–Kier alpha value is -1.16. The average molecular weight is 356 g/mol. The molecule has 108 valence electrons. The number of halogens is 2. The highest BCUT2D eigenvalue weighted by molar-refractivity contribution is 7.94. The molecule has 0 atom stereocenters. The van der Waals surface area contributed by atoms with Gasteiger partial charge in [0.25, 0.3) is 10.0 Å². The van der Waals surface area contributed by atoms with Gasteiger partial charge in [-0.15, -0.1) is 15.2 Å². The predicted octanol–water partition coefficient (Wildman–Crippen LogP) is 2.86. The highest BCUT2D eigenvalue weighted by atomic mass is 35.5. The Bertz CT molecular complexity index is 845. The lowest BCUT2D eigenvalue weighted by molar-refractivity contribution is 0.552. The van der Waals surface area contributed by atoms with E-state index < -0.39 is 25.1 Å². The van der Waals surface area contributed by atoms with Crippen molar-refractivity contribution < 1.29 is 20.7 Å². The minimum atomic E-state index is -5.03. The molecule has 0 aliphatic carbocycles. The number of thiophene rings is 1. The SMILES string of the molecule is O=S(=O)(F)c1ccccc1NS(=O)(=O)c1ccc(Cl)s1. The van der Waals surface area contributed by atoms with Crippen LogP contribution in [0.15, 0.2) is 45.5 Å². The standard InChI is InChI=1S/C10H7ClFNO4S3/c11-9-5-6-10(18-9)20(16,17)13-7-3-1-2-4-8(7)19(12,14)15/h1-6,13H. The topological polar surface area (TPSA) is 80.3 Å². The lowest BCUT2D eigenvalue weighted by Gasteiger charge is -2.08. The summed E-state index contributed by atoms with van der Waals surface area (Å²) in [7, 11) is -9.05. The van der Waals surface area contributed by atoms with E-state index in [9.17, 15) is 20.7 Å². The first-order valence-corrected chi connectivity index (χ1v) is 9.08. The van der Waals surface area contributed by atoms with Crippen molar-refractivity contribution in [2.75, 3.05) is 4.72 Å². The van der Waals surface area contributed by atoms with Gasteiger partial charge >= 0.3 is 10.2 Å². The minimum Gasteiger partial charge on any atom is -0.278 e. The van der Waals surface area contributed by atoms with Crippen LogP contribution in [0.1, 0.15) is 0 Å². The maximum Gasteiger partial charge on any atom is 0.334 e. The van der Waals surface area contributed by atoms with Gasteiger partial charge in [-0.05, 0) is 24.3 Å². The first-order chi connectivity index (χ1) is 9.20. The van der Waals surface area contributed by atoms with E-state index in [4.69, 9.17) is 11.6 Å². The van der Waals surface area contributed by atoms with Crippen LogP contribution in [0.2, 0.25) is 4.34 Å². The molecule has 5 nitrogen and oxygen atoms in total. The van der Waals surface area contributed by atoms with Gasteiger partial charge in [0, 0.05) is 0 Å². The summed E-state index contributed by atoms with van der Waals surface area (Å²) < 4.78 is 61.2. The van der Waals surface area contributed by atoms with Gasteiger partial charge in [0.1, 0.15) is 9.10 Å². The molecule has 0 bridgehead atoms. The van der Waals surface area contributed by atoms with E-state index in [1.807, 2.05) is 4.72 Å². The van der Waals surface area contributed by atoms with Crippen LogP contribution in [0.5, 0.6) is 0 Å². The van der Waals surface area contributed by atoms with Crippen molar-refractivity contribution in [2.24, 2.45) is 0 Å². The molecule has 2 rings (SSSR count). The maximum absolute atomic E-state index is 13.1. The number of benzene rings is 1. The maximum atomic E-state index is 13.1. The van der Waals surface area contributed by atoms with Gasteiger partial charge in [0.2, 0.25) is 0 Å². The van der Waals surface area contributed by atoms with Crippen molar-refractivity contribution >= 4 is 48.9 Å². The zero-order valence-corrected chi connectivity index (χ0v) is 12.8. The molecule has 0 spiro atoms. The van der Waals surface area contributed by atoms with Crippen LogP contribution in [0.4, 0.5) is 9.57 Å². The van der Waals surface area contributed by atoms with Crippen LogP contribution < -0.4 is 4.72 Å². The van der Waals surface area contributed by atoms with E-state index in [0.717, 1.165) is 23.5 Å². The Labute approximate surface area is 124 Å². The molecule has 0 fully saturated rings. The highest BCUT2D eigenvalue weighted by Crippen LogP contribution is 2.29. The predicted molar refractivity (Wildman–Crippen MR) is 74.9 cm³/mol. The van der Waals surface area contributed by atoms with Gasteiger partial charge < -0.3 is 0 Å². The number of hydrogen-bond donors (Lipinski definition) is 1. The normalized spacial score (nSPS) is 12.3. The number of sulfonamides is 1. The van der Waals surface area contributed by atoms with Crippen molar-refractivity contribution in [3.8, 4) is 0 Å². The highest BCUT2D eigenvalue weighted by Gasteiger charge is 2.22. The van der Waals surface area contributed by atoms with E-state index in [2.05, 4.69) is 0 Å². The summed E-state index contributed by atoms with van der Waals surface area (Å²) >= 11 is 6.44. The number of nitrogens with one attached hydrogen (secondary N) is 1. The Balaban J connectivity index is 2.46. The Morgan fingerprint density at radius 2 is 1.70 bits per heavy atom. The smallest absolute Gasteiger partial charge is 0.278 e. The van der Waals surface area contributed by atoms with Crippen molar-refractivity contribution in [3.63, 3.8) is 0 Å². The Morgan fingerprint density at radius 1 is 1.05 bits per heavy atom. The third kappa shape index (κ3) is 3.29. The molecule has 2 aromatic rings. The summed E-state index contributed by atoms with van der Waals surface area (Å²) in [4.78, 5) is -0.744. The number of rotatable bonds is 4. The molecule has 0 aliphatic heterocycles. The van der Waals surface area contributed by atoms with E-state index in [1.165, 1.54) is 24.3 Å². The second kappa shape index (κ2) is 5.32. The third-order valence-electron chi connectivity index (χ3n) is 2.21. The first-order valence-electron chi connectivity index (χ1n) is 5.02. The molecule has 10 heteroatoms. The van der Waals surface area contributed by atoms with Gasteiger partial charge in [-0.3, -0.25) is 4.72 Å². The van der Waals surface area contributed by atoms with Gasteiger partial charge in [-0.2, -0.15) is 8.42 Å². The molecular weight excluding hydrogens is 349 g/mol. The Morgan fingerprint density at radius 3 is 2.25 bits per heavy atom. The molecular formula is C10H7ClFNO4S3. The molecule has 1 aromatic carbocycles. The molecule has 0 radical (unpaired) electrons. The lowest BCUT2D eigenvalue weighted by Crippen LogP contribution is -2.13. The molecule has 20 heavy (non-hydrogen) atoms. The molecule has 1 heterocycles. The second-order valence-corrected chi connectivity index (χ2v) is 8.54. The quantitative estimate of drug-likeness (QED) is 0.855. The number of para-hydroxylation sites is 1. The average Bonchev–Trinajstić information content (AvgIpc) is 2.75. The minimum absolute atomic E-state index is 0.103. The van der Waals surface area contributed by atoms with E-state index in [1.54, 1.807) is 0 Å². The van der Waals surface area contributed by atoms with Crippen LogP contribution >= 0.6 is 22.9 Å². The van der Waals surface area contributed by atoms with Crippen LogP contribution in [0, 0.1) is 0 Å². The van der Waals surface area contributed by atoms with Crippen molar-refractivity contribution in [3.05, 3.63) is 40.7 Å².